The highest BCUT2D eigenvalue weighted by atomic mass is 14.9. The Bertz CT molecular complexity index is 583. The second-order valence-electron chi connectivity index (χ2n) is 6.54. The molecule has 1 aliphatic carbocycles. The zero-order chi connectivity index (χ0) is 17.2. The van der Waals surface area contributed by atoms with Gasteiger partial charge in [0.25, 0.3) is 0 Å². The Morgan fingerprint density at radius 2 is 2.12 bits per heavy atom. The van der Waals surface area contributed by atoms with Gasteiger partial charge >= 0.3 is 0 Å². The molecule has 4 heteroatoms. The van der Waals surface area contributed by atoms with E-state index in [1.807, 2.05) is 0 Å². The molecule has 0 saturated heterocycles. The van der Waals surface area contributed by atoms with Crippen molar-refractivity contribution in [2.24, 2.45) is 15.7 Å². The summed E-state index contributed by atoms with van der Waals surface area (Å²) in [6.45, 7) is 6.50. The highest BCUT2D eigenvalue weighted by Crippen LogP contribution is 2.20. The monoisotopic (exact) mass is 326 g/mol. The molecular formula is C20H30N4. The molecule has 0 heterocycles. The summed E-state index contributed by atoms with van der Waals surface area (Å²) in [7, 11) is 0. The Morgan fingerprint density at radius 1 is 1.33 bits per heavy atom. The van der Waals surface area contributed by atoms with E-state index in [4.69, 9.17) is 5.73 Å². The number of nitrogens with one attached hydrogen (secondary N) is 1. The van der Waals surface area contributed by atoms with Gasteiger partial charge in [-0.2, -0.15) is 0 Å². The SMILES string of the molecule is C=N/C=C(\NCCCC(N)=NC1CCCCC1)c1cccc(C)c1. The van der Waals surface area contributed by atoms with Crippen LogP contribution >= 0.6 is 0 Å². The molecule has 0 unspecified atom stereocenters. The van der Waals surface area contributed by atoms with Gasteiger partial charge in [0.1, 0.15) is 0 Å². The molecule has 0 aromatic heterocycles. The van der Waals surface area contributed by atoms with E-state index in [2.05, 4.69) is 53.2 Å². The van der Waals surface area contributed by atoms with E-state index >= 15 is 0 Å². The summed E-state index contributed by atoms with van der Waals surface area (Å²) in [5.74, 6) is 0.798. The number of hydrogen-bond acceptors (Lipinski definition) is 3. The number of nitrogens with zero attached hydrogens (tertiary/aromatic N) is 2. The second-order valence-corrected chi connectivity index (χ2v) is 6.54. The van der Waals surface area contributed by atoms with Gasteiger partial charge in [-0.1, -0.05) is 43.0 Å². The number of amidine groups is 1. The summed E-state index contributed by atoms with van der Waals surface area (Å²) in [6.07, 6.45) is 9.91. The molecule has 0 bridgehead atoms. The van der Waals surface area contributed by atoms with Crippen LogP contribution in [-0.2, 0) is 0 Å². The molecule has 1 aromatic carbocycles. The zero-order valence-corrected chi connectivity index (χ0v) is 14.8. The predicted molar refractivity (Wildman–Crippen MR) is 104 cm³/mol. The third-order valence-corrected chi connectivity index (χ3v) is 4.40. The Morgan fingerprint density at radius 3 is 2.83 bits per heavy atom. The van der Waals surface area contributed by atoms with Crippen LogP contribution in [0.15, 0.2) is 40.5 Å². The first kappa shape index (κ1) is 18.2. The summed E-state index contributed by atoms with van der Waals surface area (Å²) < 4.78 is 0. The maximum absolute atomic E-state index is 6.09. The molecule has 4 nitrogen and oxygen atoms in total. The molecular weight excluding hydrogens is 296 g/mol. The summed E-state index contributed by atoms with van der Waals surface area (Å²) in [5.41, 5.74) is 9.45. The first-order chi connectivity index (χ1) is 11.7. The summed E-state index contributed by atoms with van der Waals surface area (Å²) in [4.78, 5) is 8.59. The summed E-state index contributed by atoms with van der Waals surface area (Å²) in [6, 6.07) is 8.82. The molecule has 0 spiro atoms. The van der Waals surface area contributed by atoms with Gasteiger partial charge < -0.3 is 11.1 Å². The topological polar surface area (TPSA) is 62.8 Å². The fourth-order valence-corrected chi connectivity index (χ4v) is 3.13. The highest BCUT2D eigenvalue weighted by molar-refractivity contribution is 5.80. The number of rotatable bonds is 8. The number of aryl methyl sites for hydroxylation is 1. The van der Waals surface area contributed by atoms with Crippen molar-refractivity contribution in [1.29, 1.82) is 0 Å². The molecule has 1 aromatic rings. The van der Waals surface area contributed by atoms with Crippen LogP contribution in [0.5, 0.6) is 0 Å². The Balaban J connectivity index is 1.79. The van der Waals surface area contributed by atoms with Gasteiger partial charge in [0.05, 0.1) is 17.6 Å². The number of nitrogens with two attached hydrogens (primary N) is 1. The van der Waals surface area contributed by atoms with Crippen molar-refractivity contribution < 1.29 is 0 Å². The lowest BCUT2D eigenvalue weighted by molar-refractivity contribution is 0.442. The Hall–Kier alpha value is -2.10. The largest absolute Gasteiger partial charge is 0.387 e. The molecule has 1 aliphatic rings. The fraction of sp³-hybridized carbons (Fsp3) is 0.500. The predicted octanol–water partition coefficient (Wildman–Crippen LogP) is 4.05. The standard InChI is InChI=1S/C20H30N4/c1-16-8-6-9-17(14-16)19(15-22-2)23-13-7-12-20(21)24-18-10-4-3-5-11-18/h6,8-9,14-15,18,23H,2-5,7,10-13H2,1H3,(H2,21,24)/b19-15-. The van der Waals surface area contributed by atoms with Gasteiger partial charge in [0.2, 0.25) is 0 Å². The molecule has 130 valence electrons. The lowest BCUT2D eigenvalue weighted by atomic mass is 9.96. The van der Waals surface area contributed by atoms with Crippen molar-refractivity contribution in [3.8, 4) is 0 Å². The van der Waals surface area contributed by atoms with E-state index in [0.29, 0.717) is 6.04 Å². The minimum absolute atomic E-state index is 0.458. The second kappa shape index (κ2) is 9.91. The molecule has 24 heavy (non-hydrogen) atoms. The van der Waals surface area contributed by atoms with E-state index in [1.54, 1.807) is 6.20 Å². The normalized spacial score (nSPS) is 16.9. The highest BCUT2D eigenvalue weighted by Gasteiger charge is 2.12. The lowest BCUT2D eigenvalue weighted by Crippen LogP contribution is -2.21. The lowest BCUT2D eigenvalue weighted by Gasteiger charge is -2.18. The van der Waals surface area contributed by atoms with Crippen LogP contribution in [-0.4, -0.2) is 25.1 Å². The van der Waals surface area contributed by atoms with Gasteiger partial charge in [-0.15, -0.1) is 0 Å². The van der Waals surface area contributed by atoms with Crippen LogP contribution in [0.3, 0.4) is 0 Å². The van der Waals surface area contributed by atoms with Gasteiger partial charge in [-0.3, -0.25) is 9.98 Å². The summed E-state index contributed by atoms with van der Waals surface area (Å²) >= 11 is 0. The van der Waals surface area contributed by atoms with Crippen LogP contribution < -0.4 is 11.1 Å². The molecule has 1 saturated carbocycles. The van der Waals surface area contributed by atoms with Crippen LogP contribution in [0.25, 0.3) is 5.70 Å². The first-order valence-electron chi connectivity index (χ1n) is 8.98. The third kappa shape index (κ3) is 6.19. The van der Waals surface area contributed by atoms with Crippen LogP contribution in [0, 0.1) is 6.92 Å². The molecule has 3 N–H and O–H groups in total. The van der Waals surface area contributed by atoms with Crippen molar-refractivity contribution in [3.63, 3.8) is 0 Å². The quantitative estimate of drug-likeness (QED) is 0.430. The van der Waals surface area contributed by atoms with Crippen LogP contribution in [0.1, 0.15) is 56.1 Å². The maximum atomic E-state index is 6.09. The van der Waals surface area contributed by atoms with Gasteiger partial charge in [-0.25, -0.2) is 0 Å². The molecule has 0 atom stereocenters. The molecule has 0 amide bonds. The van der Waals surface area contributed by atoms with E-state index in [0.717, 1.165) is 36.5 Å². The maximum Gasteiger partial charge on any atom is 0.0941 e. The van der Waals surface area contributed by atoms with Gasteiger partial charge in [0.15, 0.2) is 0 Å². The van der Waals surface area contributed by atoms with Gasteiger partial charge in [0, 0.05) is 19.2 Å². The Kier molecular flexibility index (Phi) is 7.53. The van der Waals surface area contributed by atoms with Gasteiger partial charge in [-0.05, 0) is 44.5 Å². The van der Waals surface area contributed by atoms with E-state index in [1.165, 1.54) is 37.7 Å². The zero-order valence-electron chi connectivity index (χ0n) is 14.8. The summed E-state index contributed by atoms with van der Waals surface area (Å²) in [5, 5.41) is 3.44. The van der Waals surface area contributed by atoms with Crippen LogP contribution in [0.2, 0.25) is 0 Å². The van der Waals surface area contributed by atoms with E-state index < -0.39 is 0 Å². The minimum atomic E-state index is 0.458. The number of aliphatic imine (C=N–C) groups is 2. The smallest absolute Gasteiger partial charge is 0.0941 e. The van der Waals surface area contributed by atoms with Crippen molar-refractivity contribution in [2.75, 3.05) is 6.54 Å². The Labute approximate surface area is 146 Å². The third-order valence-electron chi connectivity index (χ3n) is 4.40. The van der Waals surface area contributed by atoms with E-state index in [-0.39, 0.29) is 0 Å². The van der Waals surface area contributed by atoms with Crippen molar-refractivity contribution in [3.05, 3.63) is 41.6 Å². The number of benzene rings is 1. The van der Waals surface area contributed by atoms with E-state index in [9.17, 15) is 0 Å². The number of hydrogen-bond donors (Lipinski definition) is 2. The van der Waals surface area contributed by atoms with Crippen molar-refractivity contribution >= 4 is 18.3 Å². The van der Waals surface area contributed by atoms with Crippen molar-refractivity contribution in [2.45, 2.75) is 57.9 Å². The van der Waals surface area contributed by atoms with Crippen molar-refractivity contribution in [1.82, 2.24) is 5.32 Å². The molecule has 2 rings (SSSR count). The minimum Gasteiger partial charge on any atom is -0.387 e. The molecule has 0 aliphatic heterocycles. The average molecular weight is 326 g/mol. The average Bonchev–Trinajstić information content (AvgIpc) is 2.58. The molecule has 1 fully saturated rings. The van der Waals surface area contributed by atoms with Crippen LogP contribution in [0.4, 0.5) is 0 Å². The first-order valence-corrected chi connectivity index (χ1v) is 8.98. The molecule has 0 radical (unpaired) electrons. The fourth-order valence-electron chi connectivity index (χ4n) is 3.13.